The van der Waals surface area contributed by atoms with E-state index in [1.807, 2.05) is 43.6 Å². The number of hydrogen-bond donors (Lipinski definition) is 0. The molecule has 126 valence electrons. The van der Waals surface area contributed by atoms with Crippen molar-refractivity contribution in [2.45, 2.75) is 6.92 Å². The van der Waals surface area contributed by atoms with Crippen molar-refractivity contribution in [3.05, 3.63) is 60.7 Å². The Bertz CT molecular complexity index is 861. The van der Waals surface area contributed by atoms with Gasteiger partial charge in [-0.2, -0.15) is 0 Å². The van der Waals surface area contributed by atoms with Gasteiger partial charge < -0.3 is 9.64 Å². The first kappa shape index (κ1) is 15.7. The Balaban J connectivity index is 1.71. The molecule has 25 heavy (non-hydrogen) atoms. The minimum Gasteiger partial charge on any atom is -0.378 e. The minimum atomic E-state index is 0.740. The lowest BCUT2D eigenvalue weighted by molar-refractivity contribution is 0.122. The first-order chi connectivity index (χ1) is 12.3. The second kappa shape index (κ2) is 6.99. The van der Waals surface area contributed by atoms with Crippen molar-refractivity contribution in [3.8, 4) is 22.4 Å². The normalized spacial score (nSPS) is 14.5. The number of nitrogens with zero attached hydrogens (tertiary/aromatic N) is 4. The second-order valence-corrected chi connectivity index (χ2v) is 6.09. The minimum absolute atomic E-state index is 0.740. The predicted octanol–water partition coefficient (Wildman–Crippen LogP) is 3.35. The van der Waals surface area contributed by atoms with Crippen LogP contribution in [0.15, 0.2) is 54.9 Å². The maximum atomic E-state index is 5.44. The van der Waals surface area contributed by atoms with Crippen LogP contribution in [0.25, 0.3) is 22.4 Å². The number of pyridine rings is 1. The van der Waals surface area contributed by atoms with Crippen LogP contribution in [0.3, 0.4) is 0 Å². The van der Waals surface area contributed by atoms with Crippen LogP contribution >= 0.6 is 0 Å². The molecule has 5 heteroatoms. The van der Waals surface area contributed by atoms with Crippen LogP contribution < -0.4 is 4.90 Å². The molecule has 1 fully saturated rings. The Kier molecular flexibility index (Phi) is 4.39. The molecule has 0 spiro atoms. The molecule has 0 saturated carbocycles. The lowest BCUT2D eigenvalue weighted by Gasteiger charge is -2.28. The molecule has 3 aromatic rings. The number of aromatic nitrogens is 3. The first-order valence-electron chi connectivity index (χ1n) is 8.49. The van der Waals surface area contributed by atoms with Crippen molar-refractivity contribution in [3.63, 3.8) is 0 Å². The lowest BCUT2D eigenvalue weighted by Crippen LogP contribution is -2.36. The van der Waals surface area contributed by atoms with Crippen LogP contribution in [0.1, 0.15) is 5.82 Å². The van der Waals surface area contributed by atoms with Crippen LogP contribution in [0.4, 0.5) is 5.82 Å². The van der Waals surface area contributed by atoms with E-state index in [1.54, 1.807) is 0 Å². The average molecular weight is 332 g/mol. The van der Waals surface area contributed by atoms with Crippen LogP contribution in [-0.2, 0) is 4.74 Å². The topological polar surface area (TPSA) is 51.1 Å². The molecule has 4 rings (SSSR count). The summed E-state index contributed by atoms with van der Waals surface area (Å²) in [6.07, 6.45) is 3.74. The van der Waals surface area contributed by atoms with Gasteiger partial charge >= 0.3 is 0 Å². The SMILES string of the molecule is Cc1nc(-c2cncc(-c3ccccc3)c2)cc(N2CCOCC2)n1. The molecule has 0 N–H and O–H groups in total. The Labute approximate surface area is 147 Å². The Morgan fingerprint density at radius 1 is 0.880 bits per heavy atom. The molecular weight excluding hydrogens is 312 g/mol. The van der Waals surface area contributed by atoms with E-state index >= 15 is 0 Å². The van der Waals surface area contributed by atoms with E-state index in [2.05, 4.69) is 38.1 Å². The van der Waals surface area contributed by atoms with Crippen molar-refractivity contribution in [1.29, 1.82) is 0 Å². The monoisotopic (exact) mass is 332 g/mol. The molecule has 1 aliphatic heterocycles. The molecule has 5 nitrogen and oxygen atoms in total. The smallest absolute Gasteiger partial charge is 0.133 e. The van der Waals surface area contributed by atoms with E-state index in [-0.39, 0.29) is 0 Å². The third kappa shape index (κ3) is 3.51. The van der Waals surface area contributed by atoms with Crippen LogP contribution in [0.5, 0.6) is 0 Å². The van der Waals surface area contributed by atoms with E-state index in [9.17, 15) is 0 Å². The molecule has 3 heterocycles. The van der Waals surface area contributed by atoms with Gasteiger partial charge in [-0.15, -0.1) is 0 Å². The molecular formula is C20H20N4O. The number of aryl methyl sites for hydroxylation is 1. The largest absolute Gasteiger partial charge is 0.378 e. The summed E-state index contributed by atoms with van der Waals surface area (Å²) >= 11 is 0. The number of benzene rings is 1. The van der Waals surface area contributed by atoms with E-state index in [4.69, 9.17) is 4.74 Å². The molecule has 2 aromatic heterocycles. The zero-order valence-corrected chi connectivity index (χ0v) is 14.2. The van der Waals surface area contributed by atoms with Crippen molar-refractivity contribution >= 4 is 5.82 Å². The highest BCUT2D eigenvalue weighted by atomic mass is 16.5. The van der Waals surface area contributed by atoms with Crippen molar-refractivity contribution in [2.75, 3.05) is 31.2 Å². The lowest BCUT2D eigenvalue weighted by atomic mass is 10.0. The van der Waals surface area contributed by atoms with Crippen LogP contribution in [0, 0.1) is 6.92 Å². The Morgan fingerprint density at radius 2 is 1.64 bits per heavy atom. The van der Waals surface area contributed by atoms with Crippen LogP contribution in [0.2, 0.25) is 0 Å². The standard InChI is InChI=1S/C20H20N4O/c1-15-22-19(12-20(23-15)24-7-9-25-10-8-24)18-11-17(13-21-14-18)16-5-3-2-4-6-16/h2-6,11-14H,7-10H2,1H3. The highest BCUT2D eigenvalue weighted by molar-refractivity contribution is 5.71. The Hall–Kier alpha value is -2.79. The van der Waals surface area contributed by atoms with E-state index in [0.29, 0.717) is 0 Å². The number of ether oxygens (including phenoxy) is 1. The summed E-state index contributed by atoms with van der Waals surface area (Å²) < 4.78 is 5.44. The number of anilines is 1. The number of rotatable bonds is 3. The summed E-state index contributed by atoms with van der Waals surface area (Å²) in [5.41, 5.74) is 4.14. The van der Waals surface area contributed by atoms with Gasteiger partial charge in [-0.3, -0.25) is 4.98 Å². The molecule has 0 amide bonds. The molecule has 0 bridgehead atoms. The summed E-state index contributed by atoms with van der Waals surface area (Å²) in [6.45, 7) is 5.13. The number of morpholine rings is 1. The average Bonchev–Trinajstić information content (AvgIpc) is 2.69. The molecule has 0 unspecified atom stereocenters. The summed E-state index contributed by atoms with van der Waals surface area (Å²) in [6, 6.07) is 14.4. The second-order valence-electron chi connectivity index (χ2n) is 6.09. The highest BCUT2D eigenvalue weighted by Crippen LogP contribution is 2.26. The van der Waals surface area contributed by atoms with E-state index < -0.39 is 0 Å². The summed E-state index contributed by atoms with van der Waals surface area (Å²) in [5.74, 6) is 1.72. The third-order valence-corrected chi connectivity index (χ3v) is 4.30. The van der Waals surface area contributed by atoms with Gasteiger partial charge in [0.05, 0.1) is 18.9 Å². The molecule has 0 radical (unpaired) electrons. The zero-order valence-electron chi connectivity index (χ0n) is 14.2. The number of hydrogen-bond acceptors (Lipinski definition) is 5. The molecule has 1 saturated heterocycles. The fourth-order valence-electron chi connectivity index (χ4n) is 3.02. The molecule has 0 aliphatic carbocycles. The van der Waals surface area contributed by atoms with Gasteiger partial charge in [0.1, 0.15) is 11.6 Å². The quantitative estimate of drug-likeness (QED) is 0.736. The van der Waals surface area contributed by atoms with Gasteiger partial charge in [0.15, 0.2) is 0 Å². The highest BCUT2D eigenvalue weighted by Gasteiger charge is 2.15. The van der Waals surface area contributed by atoms with Crippen molar-refractivity contribution in [2.24, 2.45) is 0 Å². The van der Waals surface area contributed by atoms with Gasteiger partial charge in [0.25, 0.3) is 0 Å². The fraction of sp³-hybridized carbons (Fsp3) is 0.250. The first-order valence-corrected chi connectivity index (χ1v) is 8.49. The van der Waals surface area contributed by atoms with Crippen molar-refractivity contribution < 1.29 is 4.74 Å². The summed E-state index contributed by atoms with van der Waals surface area (Å²) in [5, 5.41) is 0. The maximum Gasteiger partial charge on any atom is 0.133 e. The predicted molar refractivity (Wildman–Crippen MR) is 98.5 cm³/mol. The molecule has 1 aromatic carbocycles. The maximum absolute atomic E-state index is 5.44. The van der Waals surface area contributed by atoms with Crippen molar-refractivity contribution in [1.82, 2.24) is 15.0 Å². The summed E-state index contributed by atoms with van der Waals surface area (Å²) in [7, 11) is 0. The van der Waals surface area contributed by atoms with Gasteiger partial charge in [0, 0.05) is 42.7 Å². The molecule has 1 aliphatic rings. The van der Waals surface area contributed by atoms with Crippen LogP contribution in [-0.4, -0.2) is 41.3 Å². The van der Waals surface area contributed by atoms with Gasteiger partial charge in [0.2, 0.25) is 0 Å². The van der Waals surface area contributed by atoms with E-state index in [0.717, 1.165) is 60.3 Å². The third-order valence-electron chi connectivity index (χ3n) is 4.30. The molecule has 0 atom stereocenters. The van der Waals surface area contributed by atoms with Gasteiger partial charge in [-0.05, 0) is 18.6 Å². The van der Waals surface area contributed by atoms with E-state index in [1.165, 1.54) is 0 Å². The summed E-state index contributed by atoms with van der Waals surface area (Å²) in [4.78, 5) is 15.9. The van der Waals surface area contributed by atoms with Gasteiger partial charge in [-0.1, -0.05) is 30.3 Å². The fourth-order valence-corrected chi connectivity index (χ4v) is 3.02. The zero-order chi connectivity index (χ0) is 17.1. The van der Waals surface area contributed by atoms with Gasteiger partial charge in [-0.25, -0.2) is 9.97 Å². The Morgan fingerprint density at radius 3 is 2.44 bits per heavy atom.